The lowest BCUT2D eigenvalue weighted by Gasteiger charge is -2.56. The van der Waals surface area contributed by atoms with Crippen LogP contribution in [0.25, 0.3) is 0 Å². The van der Waals surface area contributed by atoms with Crippen LogP contribution in [0.1, 0.15) is 413 Å². The Kier molecular flexibility index (Phi) is 49.8. The lowest BCUT2D eigenvalue weighted by atomic mass is 9.49. The highest BCUT2D eigenvalue weighted by atomic mass is 14.5. The molecule has 0 spiro atoms. The predicted octanol–water partition coefficient (Wildman–Crippen LogP) is 25.5. The van der Waals surface area contributed by atoms with Crippen molar-refractivity contribution in [2.24, 2.45) is 10.8 Å². The zero-order valence-corrected chi connectivity index (χ0v) is 47.4. The number of unbranched alkanes of at least 4 members (excludes halogenated alkanes) is 48. The summed E-state index contributed by atoms with van der Waals surface area (Å²) < 4.78 is 0. The van der Waals surface area contributed by atoms with Crippen LogP contribution in [-0.2, 0) is 0 Å². The molecule has 0 saturated heterocycles. The lowest BCUT2D eigenvalue weighted by molar-refractivity contribution is -0.0520. The molecule has 0 N–H and O–H groups in total. The van der Waals surface area contributed by atoms with Gasteiger partial charge in [-0.1, -0.05) is 374 Å². The van der Waals surface area contributed by atoms with Gasteiger partial charge in [-0.05, 0) is 49.4 Å². The average molecular weight is 926 g/mol. The smallest absolute Gasteiger partial charge is 0.0241 e. The van der Waals surface area contributed by atoms with Crippen LogP contribution in [0.5, 0.6) is 0 Å². The van der Waals surface area contributed by atoms with E-state index in [0.717, 1.165) is 0 Å². The molecule has 1 fully saturated rings. The first kappa shape index (κ1) is 64.0. The van der Waals surface area contributed by atoms with Crippen molar-refractivity contribution in [2.75, 3.05) is 0 Å². The van der Waals surface area contributed by atoms with Crippen LogP contribution in [-0.4, -0.2) is 0 Å². The van der Waals surface area contributed by atoms with E-state index < -0.39 is 0 Å². The Hall–Kier alpha value is 0. The molecular weight excluding hydrogens is 793 g/mol. The molecule has 0 bridgehead atoms. The predicted molar refractivity (Wildman–Crippen MR) is 305 cm³/mol. The molecule has 0 aliphatic heterocycles. The maximum atomic E-state index is 2.34. The van der Waals surface area contributed by atoms with Crippen LogP contribution in [0.3, 0.4) is 0 Å². The number of hydrogen-bond acceptors (Lipinski definition) is 0. The molecule has 0 atom stereocenters. The summed E-state index contributed by atoms with van der Waals surface area (Å²) >= 11 is 0. The molecule has 66 heavy (non-hydrogen) atoms. The zero-order chi connectivity index (χ0) is 47.4. The maximum Gasteiger partial charge on any atom is -0.0241 e. The summed E-state index contributed by atoms with van der Waals surface area (Å²) in [5.41, 5.74) is 1.30. The first-order chi connectivity index (χ1) is 32.7. The molecule has 0 amide bonds. The Morgan fingerprint density at radius 2 is 0.288 bits per heavy atom. The molecule has 1 aliphatic rings. The van der Waals surface area contributed by atoms with Crippen molar-refractivity contribution in [2.45, 2.75) is 413 Å². The van der Waals surface area contributed by atoms with Crippen molar-refractivity contribution in [1.29, 1.82) is 0 Å². The molecule has 1 saturated carbocycles. The fourth-order valence-corrected chi connectivity index (χ4v) is 13.2. The zero-order valence-electron chi connectivity index (χ0n) is 47.4. The normalized spacial score (nSPS) is 14.7. The molecule has 0 radical (unpaired) electrons. The molecule has 0 aromatic heterocycles. The third-order valence-electron chi connectivity index (χ3n) is 17.7. The van der Waals surface area contributed by atoms with E-state index in [0.29, 0.717) is 10.8 Å². The minimum atomic E-state index is 0.648. The molecule has 1 aliphatic carbocycles. The quantitative estimate of drug-likeness (QED) is 0.0533. The average Bonchev–Trinajstić information content (AvgIpc) is 3.33. The molecule has 0 aromatic carbocycles. The molecule has 0 aromatic rings. The molecule has 1 rings (SSSR count). The summed E-state index contributed by atoms with van der Waals surface area (Å²) in [5.74, 6) is 0. The largest absolute Gasteiger partial charge is 0.0654 e. The van der Waals surface area contributed by atoms with Crippen molar-refractivity contribution in [3.63, 3.8) is 0 Å². The first-order valence-corrected chi connectivity index (χ1v) is 32.7. The van der Waals surface area contributed by atoms with Gasteiger partial charge in [0.15, 0.2) is 0 Å². The van der Waals surface area contributed by atoms with Crippen molar-refractivity contribution in [3.8, 4) is 0 Å². The third-order valence-corrected chi connectivity index (χ3v) is 17.7. The Bertz CT molecular complexity index is 752. The van der Waals surface area contributed by atoms with Crippen molar-refractivity contribution >= 4 is 0 Å². The van der Waals surface area contributed by atoms with Crippen molar-refractivity contribution in [1.82, 2.24) is 0 Å². The third kappa shape index (κ3) is 37.8. The van der Waals surface area contributed by atoms with Gasteiger partial charge in [0.25, 0.3) is 0 Å². The van der Waals surface area contributed by atoms with Crippen LogP contribution in [0.15, 0.2) is 0 Å². The van der Waals surface area contributed by atoms with Crippen LogP contribution >= 0.6 is 0 Å². The van der Waals surface area contributed by atoms with Gasteiger partial charge >= 0.3 is 0 Å². The van der Waals surface area contributed by atoms with Crippen molar-refractivity contribution in [3.05, 3.63) is 0 Å². The van der Waals surface area contributed by atoms with Crippen LogP contribution in [0.2, 0.25) is 0 Å². The fraction of sp³-hybridized carbons (Fsp3) is 1.00. The Morgan fingerprint density at radius 1 is 0.167 bits per heavy atom. The second-order valence-electron chi connectivity index (χ2n) is 23.7. The Balaban J connectivity index is 2.81. The summed E-state index contributed by atoms with van der Waals surface area (Å²) in [6.45, 7) is 9.36. The topological polar surface area (TPSA) is 0 Å². The summed E-state index contributed by atoms with van der Waals surface area (Å²) in [6, 6.07) is 0. The summed E-state index contributed by atoms with van der Waals surface area (Å²) in [4.78, 5) is 0. The highest BCUT2D eigenvalue weighted by molar-refractivity contribution is 5.00. The van der Waals surface area contributed by atoms with E-state index in [2.05, 4.69) is 27.7 Å². The van der Waals surface area contributed by atoms with E-state index in [1.165, 1.54) is 347 Å². The van der Waals surface area contributed by atoms with Crippen LogP contribution in [0.4, 0.5) is 0 Å². The highest BCUT2D eigenvalue weighted by Gasteiger charge is 2.50. The second kappa shape index (κ2) is 51.4. The molecule has 0 unspecified atom stereocenters. The van der Waals surface area contributed by atoms with E-state index in [4.69, 9.17) is 0 Å². The highest BCUT2D eigenvalue weighted by Crippen LogP contribution is 2.61. The van der Waals surface area contributed by atoms with Crippen LogP contribution < -0.4 is 0 Å². The van der Waals surface area contributed by atoms with Gasteiger partial charge in [0.05, 0.1) is 0 Å². The summed E-state index contributed by atoms with van der Waals surface area (Å²) in [7, 11) is 0. The molecule has 0 nitrogen and oxygen atoms in total. The van der Waals surface area contributed by atoms with E-state index in [-0.39, 0.29) is 0 Å². The van der Waals surface area contributed by atoms with E-state index >= 15 is 0 Å². The van der Waals surface area contributed by atoms with Gasteiger partial charge in [0.1, 0.15) is 0 Å². The summed E-state index contributed by atoms with van der Waals surface area (Å²) in [6.07, 6.45) is 89.8. The van der Waals surface area contributed by atoms with Gasteiger partial charge in [-0.2, -0.15) is 0 Å². The van der Waals surface area contributed by atoms with Gasteiger partial charge < -0.3 is 0 Å². The minimum Gasteiger partial charge on any atom is -0.0654 e. The summed E-state index contributed by atoms with van der Waals surface area (Å²) in [5, 5.41) is 0. The molecule has 0 heterocycles. The number of hydrogen-bond donors (Lipinski definition) is 0. The molecule has 0 heteroatoms. The van der Waals surface area contributed by atoms with Gasteiger partial charge in [-0.25, -0.2) is 0 Å². The van der Waals surface area contributed by atoms with E-state index in [1.54, 1.807) is 38.5 Å². The maximum absolute atomic E-state index is 2.34. The Labute approximate surface area is 421 Å². The van der Waals surface area contributed by atoms with Crippen LogP contribution in [0, 0.1) is 10.8 Å². The van der Waals surface area contributed by atoms with Crippen molar-refractivity contribution < 1.29 is 0 Å². The lowest BCUT2D eigenvalue weighted by Crippen LogP contribution is -2.45. The number of rotatable bonds is 56. The van der Waals surface area contributed by atoms with Gasteiger partial charge in [0.2, 0.25) is 0 Å². The van der Waals surface area contributed by atoms with E-state index in [1.807, 2.05) is 0 Å². The van der Waals surface area contributed by atoms with Gasteiger partial charge in [-0.15, -0.1) is 0 Å². The minimum absolute atomic E-state index is 0.648. The fourth-order valence-electron chi connectivity index (χ4n) is 13.2. The monoisotopic (exact) mass is 925 g/mol. The van der Waals surface area contributed by atoms with E-state index in [9.17, 15) is 0 Å². The molecular formula is C66H132. The standard InChI is InChI=1S/C66H132/c1-5-9-13-17-21-25-29-33-37-41-45-49-53-59-65(60-54-50-46-42-38-34-30-26-22-18-14-10-6-2)63-57-58-64-66(65,61-55-51-47-43-39-35-31-27-23-19-15-11-7-3)62-56-52-48-44-40-36-32-28-24-20-16-12-8-4/h5-64H2,1-4H3. The van der Waals surface area contributed by atoms with Gasteiger partial charge in [-0.3, -0.25) is 0 Å². The first-order valence-electron chi connectivity index (χ1n) is 32.7. The molecule has 396 valence electrons. The SMILES string of the molecule is CCCCCCCCCCCCCCCC1(CCCCCCCCCCCCCCC)CCCCC1(CCCCCCCCCCCCCCC)CCCCCCCCCCCCCCC. The Morgan fingerprint density at radius 3 is 0.424 bits per heavy atom. The second-order valence-corrected chi connectivity index (χ2v) is 23.7. The van der Waals surface area contributed by atoms with Gasteiger partial charge in [0, 0.05) is 0 Å².